The highest BCUT2D eigenvalue weighted by atomic mass is 15.4. The highest BCUT2D eigenvalue weighted by Crippen LogP contribution is 2.02. The summed E-state index contributed by atoms with van der Waals surface area (Å²) in [6.45, 7) is 4.85. The first-order valence-corrected chi connectivity index (χ1v) is 21.7. The largest absolute Gasteiger partial charge is 0.390 e. The average molecular weight is 871 g/mol. The fourth-order valence-electron chi connectivity index (χ4n) is 7.13. The van der Waals surface area contributed by atoms with E-state index in [1.807, 2.05) is 7.05 Å². The quantitative estimate of drug-likeness (QED) is 0.0784. The normalized spacial score (nSPS) is 18.6. The van der Waals surface area contributed by atoms with Gasteiger partial charge in [-0.2, -0.15) is 0 Å². The van der Waals surface area contributed by atoms with E-state index >= 15 is 0 Å². The van der Waals surface area contributed by atoms with Crippen LogP contribution >= 0.6 is 0 Å². The van der Waals surface area contributed by atoms with Crippen LogP contribution in [0.3, 0.4) is 0 Å². The Bertz CT molecular complexity index is 1070. The van der Waals surface area contributed by atoms with Crippen molar-refractivity contribution in [1.82, 2.24) is 119 Å². The Morgan fingerprint density at radius 2 is 0.581 bits per heavy atom. The minimum absolute atomic E-state index is 0. The van der Waals surface area contributed by atoms with E-state index in [9.17, 15) is 0 Å². The predicted octanol–water partition coefficient (Wildman–Crippen LogP) is -9.25. The zero-order valence-corrected chi connectivity index (χ0v) is 43.9. The van der Waals surface area contributed by atoms with E-state index in [-0.39, 0.29) is 88.1 Å². The monoisotopic (exact) mass is 873 g/mol. The summed E-state index contributed by atoms with van der Waals surface area (Å²) in [5, 5.41) is 41.3. The summed E-state index contributed by atoms with van der Waals surface area (Å²) in [6.07, 6.45) is 0. The molecule has 4 saturated heterocycles. The second-order valence-corrected chi connectivity index (χ2v) is 18.9. The van der Waals surface area contributed by atoms with Crippen molar-refractivity contribution < 1.29 is 2.85 Å². The maximum absolute atomic E-state index is 3.52. The Morgan fingerprint density at radius 3 is 0.806 bits per heavy atom. The van der Waals surface area contributed by atoms with Gasteiger partial charge in [-0.1, -0.05) is 13.6 Å². The highest BCUT2D eigenvalue weighted by Gasteiger charge is 2.43. The molecule has 4 aliphatic rings. The summed E-state index contributed by atoms with van der Waals surface area (Å²) in [7, 11) is 49.4. The molecule has 4 aliphatic heterocycles. The molecule has 0 spiro atoms. The van der Waals surface area contributed by atoms with Crippen molar-refractivity contribution in [1.29, 1.82) is 0 Å². The van der Waals surface area contributed by atoms with Crippen LogP contribution in [0.25, 0.3) is 0 Å². The van der Waals surface area contributed by atoms with Gasteiger partial charge >= 0.3 is 78.3 Å². The molecule has 0 amide bonds. The van der Waals surface area contributed by atoms with Gasteiger partial charge in [0, 0.05) is 2.85 Å². The summed E-state index contributed by atoms with van der Waals surface area (Å²) in [6, 6.07) is 0. The van der Waals surface area contributed by atoms with E-state index in [2.05, 4.69) is 288 Å². The highest BCUT2D eigenvalue weighted by molar-refractivity contribution is 6.88. The summed E-state index contributed by atoms with van der Waals surface area (Å²) in [5.74, 6) is 0. The van der Waals surface area contributed by atoms with Crippen molar-refractivity contribution in [3.05, 3.63) is 0 Å². The van der Waals surface area contributed by atoms with Crippen molar-refractivity contribution in [2.24, 2.45) is 0 Å². The van der Waals surface area contributed by atoms with Crippen LogP contribution in [0.15, 0.2) is 0 Å². The topological polar surface area (TPSA) is 183 Å². The van der Waals surface area contributed by atoms with Crippen molar-refractivity contribution >= 4 is 92.3 Å². The van der Waals surface area contributed by atoms with E-state index in [0.29, 0.717) is 6.98 Å². The van der Waals surface area contributed by atoms with Crippen LogP contribution in [-0.2, 0) is 0 Å². The molecule has 0 aliphatic carbocycles. The van der Waals surface area contributed by atoms with Gasteiger partial charge in [0.1, 0.15) is 0 Å². The maximum atomic E-state index is 3.52. The van der Waals surface area contributed by atoms with E-state index in [1.54, 1.807) is 0 Å². The first kappa shape index (κ1) is 59.9. The summed E-state index contributed by atoms with van der Waals surface area (Å²) >= 11 is 0. The first-order valence-electron chi connectivity index (χ1n) is 21.7. The van der Waals surface area contributed by atoms with Crippen LogP contribution in [-0.4, -0.2) is 312 Å². The standard InChI is InChI=1S/C7H25B4N7.2C6H21B3N6.C6H20B3N5.2H2/c1-8-13-9(16(3)4)15-10(14-8)18(7)11(12-2)17(5)6;2*1-13(2)7-10-8(14(3)4)12-9(11-7)15(5)6;1-7-10-8(12(2)3)14(6)9(11-7)13(4)5;;/h12-15H,1-7H3;2*10-12H,1-6H3;10-11H,1-6H3;2*1H/i;;;;2*1+1. The predicted molar refractivity (Wildman–Crippen MR) is 287 cm³/mol. The van der Waals surface area contributed by atoms with Gasteiger partial charge in [0.25, 0.3) is 14.0 Å². The minimum atomic E-state index is 0. The van der Waals surface area contributed by atoms with Gasteiger partial charge in [-0.3, -0.25) is 0 Å². The lowest BCUT2D eigenvalue weighted by Crippen LogP contribution is -2.83. The molecule has 0 aromatic heterocycles. The van der Waals surface area contributed by atoms with Crippen LogP contribution in [0, 0.1) is 0 Å². The third kappa shape index (κ3) is 20.0. The van der Waals surface area contributed by atoms with E-state index in [0.717, 1.165) is 0 Å². The molecule has 12 N–H and O–H groups in total. The number of rotatable bonds is 13. The number of nitrogens with zero attached hydrogens (tertiary/aromatic N) is 12. The Kier molecular flexibility index (Phi) is 27.9. The molecule has 0 radical (unpaired) electrons. The number of hydrogen-bond acceptors (Lipinski definition) is 24. The summed E-state index contributed by atoms with van der Waals surface area (Å²) in [5.41, 5.74) is 0. The molecule has 0 atom stereocenters. The molecule has 4 rings (SSSR count). The van der Waals surface area contributed by atoms with Gasteiger partial charge in [0.2, 0.25) is 0 Å². The lowest BCUT2D eigenvalue weighted by molar-refractivity contribution is 0.502. The fraction of sp³-hybridized carbons (Fsp3) is 1.00. The Labute approximate surface area is 389 Å². The molecule has 62 heavy (non-hydrogen) atoms. The number of nitrogens with one attached hydrogen (secondary N) is 12. The van der Waals surface area contributed by atoms with Gasteiger partial charge in [0.05, 0.1) is 0 Å². The molecule has 350 valence electrons. The number of hydrogen-bond donors (Lipinski definition) is 12. The van der Waals surface area contributed by atoms with Crippen LogP contribution < -0.4 is 61.8 Å². The zero-order valence-electron chi connectivity index (χ0n) is 43.9. The van der Waals surface area contributed by atoms with Crippen molar-refractivity contribution in [2.45, 2.75) is 13.6 Å². The molecule has 4 fully saturated rings. The van der Waals surface area contributed by atoms with Crippen molar-refractivity contribution in [3.8, 4) is 0 Å². The Hall–Kier alpha value is -0.116. The van der Waals surface area contributed by atoms with Gasteiger partial charge in [-0.25, -0.2) is 0 Å². The molecular weight excluding hydrogens is 777 g/mol. The Balaban J connectivity index is 0. The van der Waals surface area contributed by atoms with Crippen molar-refractivity contribution in [3.63, 3.8) is 0 Å². The molecule has 0 bridgehead atoms. The third-order valence-electron chi connectivity index (χ3n) is 10.7. The minimum Gasteiger partial charge on any atom is -0.357 e. The zero-order chi connectivity index (χ0) is 47.9. The van der Waals surface area contributed by atoms with Crippen molar-refractivity contribution in [2.75, 3.05) is 162 Å². The van der Waals surface area contributed by atoms with Crippen LogP contribution in [0.4, 0.5) is 0 Å². The lowest BCUT2D eigenvalue weighted by atomic mass is 9.56. The molecule has 37 heteroatoms. The second kappa shape index (κ2) is 28.9. The first-order chi connectivity index (χ1) is 28.6. The van der Waals surface area contributed by atoms with Crippen LogP contribution in [0.5, 0.6) is 0 Å². The average Bonchev–Trinajstić information content (AvgIpc) is 3.18. The van der Waals surface area contributed by atoms with Gasteiger partial charge < -0.3 is 119 Å². The maximum Gasteiger partial charge on any atom is 0.390 e. The molecular formula is C25H91B13N24. The molecule has 0 unspecified atom stereocenters. The van der Waals surface area contributed by atoms with Crippen LogP contribution in [0.2, 0.25) is 13.6 Å². The van der Waals surface area contributed by atoms with Crippen LogP contribution in [0.1, 0.15) is 2.85 Å². The van der Waals surface area contributed by atoms with Gasteiger partial charge in [-0.15, -0.1) is 0 Å². The molecule has 24 nitrogen and oxygen atoms in total. The third-order valence-corrected chi connectivity index (χ3v) is 10.7. The summed E-state index contributed by atoms with van der Waals surface area (Å²) < 4.78 is 4.49. The molecule has 4 heterocycles. The smallest absolute Gasteiger partial charge is 0.357 e. The molecule has 0 aromatic carbocycles. The van der Waals surface area contributed by atoms with E-state index < -0.39 is 0 Å². The van der Waals surface area contributed by atoms with E-state index in [4.69, 9.17) is 0 Å². The van der Waals surface area contributed by atoms with Gasteiger partial charge in [0.15, 0.2) is 0 Å². The fourth-order valence-corrected chi connectivity index (χ4v) is 7.13. The SMILES string of the molecule is CB1NB(N(C)C)N(C)B(N(C)C)N1.CN(C)B1NB(N(C)C)NB(N(C)C)N1.CN(C)B1NB(N(C)C)NB(N(C)C)N1.CNB(N(C)C)N(C)B1NB(C)NB(N(C)C)N1.[2HH].[2HH]. The van der Waals surface area contributed by atoms with E-state index in [1.165, 1.54) is 0 Å². The molecule has 0 aromatic rings. The lowest BCUT2D eigenvalue weighted by Gasteiger charge is -2.43. The second-order valence-electron chi connectivity index (χ2n) is 18.9. The van der Waals surface area contributed by atoms with Gasteiger partial charge in [-0.05, 0) is 162 Å². The molecule has 0 saturated carbocycles. The Morgan fingerprint density at radius 1 is 0.355 bits per heavy atom. The summed E-state index contributed by atoms with van der Waals surface area (Å²) in [4.78, 5) is 21.3.